The molecule has 2 heterocycles. The number of para-hydroxylation sites is 1. The minimum absolute atomic E-state index is 0.764. The van der Waals surface area contributed by atoms with Crippen molar-refractivity contribution in [1.82, 2.24) is 9.47 Å². The number of hydrogen-bond acceptors (Lipinski definition) is 1. The van der Waals surface area contributed by atoms with Crippen molar-refractivity contribution in [3.63, 3.8) is 0 Å². The first kappa shape index (κ1) is 13.7. The minimum atomic E-state index is 0.764. The van der Waals surface area contributed by atoms with Gasteiger partial charge in [0.1, 0.15) is 0 Å². The molecule has 0 aliphatic carbocycles. The van der Waals surface area contributed by atoms with Crippen molar-refractivity contribution in [2.45, 2.75) is 58.2 Å². The van der Waals surface area contributed by atoms with Crippen LogP contribution in [0, 0.1) is 0 Å². The molecular formula is C18H26N2. The smallest absolute Gasteiger partial charge is 0.0480 e. The fraction of sp³-hybridized carbons (Fsp3) is 0.556. The van der Waals surface area contributed by atoms with Crippen molar-refractivity contribution >= 4 is 10.9 Å². The Hall–Kier alpha value is -1.28. The Kier molecular flexibility index (Phi) is 4.11. The van der Waals surface area contributed by atoms with Crippen molar-refractivity contribution in [2.75, 3.05) is 6.54 Å². The molecule has 1 aliphatic heterocycles. The number of aromatic nitrogens is 1. The van der Waals surface area contributed by atoms with Gasteiger partial charge in [-0.25, -0.2) is 0 Å². The van der Waals surface area contributed by atoms with Gasteiger partial charge in [0.25, 0.3) is 0 Å². The van der Waals surface area contributed by atoms with E-state index in [1.54, 1.807) is 0 Å². The third-order valence-electron chi connectivity index (χ3n) is 4.87. The molecule has 108 valence electrons. The van der Waals surface area contributed by atoms with Gasteiger partial charge in [-0.15, -0.1) is 0 Å². The van der Waals surface area contributed by atoms with E-state index in [9.17, 15) is 0 Å². The molecule has 0 radical (unpaired) electrons. The zero-order chi connectivity index (χ0) is 13.9. The second kappa shape index (κ2) is 6.01. The minimum Gasteiger partial charge on any atom is -0.347 e. The first-order chi connectivity index (χ1) is 9.75. The molecule has 1 saturated heterocycles. The summed E-state index contributed by atoms with van der Waals surface area (Å²) in [4.78, 5) is 2.70. The maximum atomic E-state index is 2.70. The number of benzene rings is 1. The third-order valence-corrected chi connectivity index (χ3v) is 4.87. The van der Waals surface area contributed by atoms with Crippen LogP contribution in [0.1, 0.15) is 39.5 Å². The molecule has 2 atom stereocenters. The summed E-state index contributed by atoms with van der Waals surface area (Å²) in [5.41, 5.74) is 1.37. The van der Waals surface area contributed by atoms with Crippen LogP contribution in [-0.4, -0.2) is 28.1 Å². The van der Waals surface area contributed by atoms with Crippen LogP contribution in [-0.2, 0) is 6.54 Å². The van der Waals surface area contributed by atoms with Crippen molar-refractivity contribution in [2.24, 2.45) is 0 Å². The Labute approximate surface area is 122 Å². The molecule has 3 rings (SSSR count). The molecule has 1 fully saturated rings. The average Bonchev–Trinajstić information content (AvgIpc) is 2.86. The number of fused-ring (bicyclic) bond motifs is 1. The molecule has 2 heteroatoms. The fourth-order valence-electron chi connectivity index (χ4n) is 3.67. The fourth-order valence-corrected chi connectivity index (χ4v) is 3.67. The van der Waals surface area contributed by atoms with Gasteiger partial charge in [-0.1, -0.05) is 24.6 Å². The summed E-state index contributed by atoms with van der Waals surface area (Å²) in [5, 5.41) is 1.35. The Balaban J connectivity index is 1.59. The standard InChI is InChI=1S/C18H26N2/c1-15-7-5-8-16(2)20(15)13-6-12-19-14-11-17-9-3-4-10-18(17)19/h3-4,9-11,14-16H,5-8,12-13H2,1-2H3. The van der Waals surface area contributed by atoms with E-state index in [1.807, 2.05) is 0 Å². The molecule has 1 aromatic carbocycles. The van der Waals surface area contributed by atoms with Gasteiger partial charge in [-0.3, -0.25) is 4.90 Å². The van der Waals surface area contributed by atoms with Gasteiger partial charge in [0, 0.05) is 36.9 Å². The van der Waals surface area contributed by atoms with Crippen molar-refractivity contribution in [3.8, 4) is 0 Å². The maximum Gasteiger partial charge on any atom is 0.0480 e. The summed E-state index contributed by atoms with van der Waals surface area (Å²) in [5.74, 6) is 0. The monoisotopic (exact) mass is 270 g/mol. The molecular weight excluding hydrogens is 244 g/mol. The lowest BCUT2D eigenvalue weighted by Crippen LogP contribution is -2.44. The highest BCUT2D eigenvalue weighted by Crippen LogP contribution is 2.23. The van der Waals surface area contributed by atoms with Crippen LogP contribution in [0.4, 0.5) is 0 Å². The van der Waals surface area contributed by atoms with E-state index >= 15 is 0 Å². The second-order valence-electron chi connectivity index (χ2n) is 6.29. The molecule has 1 aliphatic rings. The van der Waals surface area contributed by atoms with E-state index in [1.165, 1.54) is 43.1 Å². The van der Waals surface area contributed by atoms with Gasteiger partial charge in [-0.2, -0.15) is 0 Å². The summed E-state index contributed by atoms with van der Waals surface area (Å²) in [6, 6.07) is 12.4. The van der Waals surface area contributed by atoms with E-state index in [-0.39, 0.29) is 0 Å². The Bertz CT molecular complexity index is 547. The number of hydrogen-bond donors (Lipinski definition) is 0. The summed E-state index contributed by atoms with van der Waals surface area (Å²) >= 11 is 0. The molecule has 0 N–H and O–H groups in total. The topological polar surface area (TPSA) is 8.17 Å². The van der Waals surface area contributed by atoms with E-state index in [0.29, 0.717) is 0 Å². The lowest BCUT2D eigenvalue weighted by atomic mass is 9.97. The van der Waals surface area contributed by atoms with E-state index in [0.717, 1.165) is 18.6 Å². The lowest BCUT2D eigenvalue weighted by Gasteiger charge is -2.39. The van der Waals surface area contributed by atoms with E-state index < -0.39 is 0 Å². The normalized spacial score (nSPS) is 24.3. The first-order valence-electron chi connectivity index (χ1n) is 8.05. The molecule has 0 bridgehead atoms. The predicted octanol–water partition coefficient (Wildman–Crippen LogP) is 4.29. The highest BCUT2D eigenvalue weighted by atomic mass is 15.2. The van der Waals surface area contributed by atoms with Crippen LogP contribution >= 0.6 is 0 Å². The SMILES string of the molecule is CC1CCCC(C)N1CCCn1ccc2ccccc21. The summed E-state index contributed by atoms with van der Waals surface area (Å²) < 4.78 is 2.40. The molecule has 0 amide bonds. The van der Waals surface area contributed by atoms with E-state index in [2.05, 4.69) is 59.8 Å². The van der Waals surface area contributed by atoms with Crippen LogP contribution in [0.25, 0.3) is 10.9 Å². The quantitative estimate of drug-likeness (QED) is 0.804. The highest BCUT2D eigenvalue weighted by Gasteiger charge is 2.23. The molecule has 2 unspecified atom stereocenters. The molecule has 0 saturated carbocycles. The second-order valence-corrected chi connectivity index (χ2v) is 6.29. The number of nitrogens with zero attached hydrogens (tertiary/aromatic N) is 2. The average molecular weight is 270 g/mol. The Morgan fingerprint density at radius 2 is 1.75 bits per heavy atom. The van der Waals surface area contributed by atoms with Crippen LogP contribution in [0.2, 0.25) is 0 Å². The van der Waals surface area contributed by atoms with Crippen molar-refractivity contribution in [1.29, 1.82) is 0 Å². The maximum absolute atomic E-state index is 2.70. The Morgan fingerprint density at radius 3 is 2.55 bits per heavy atom. The van der Waals surface area contributed by atoms with Gasteiger partial charge in [0.05, 0.1) is 0 Å². The predicted molar refractivity (Wildman–Crippen MR) is 86.0 cm³/mol. The van der Waals surface area contributed by atoms with Crippen molar-refractivity contribution in [3.05, 3.63) is 36.5 Å². The number of piperidine rings is 1. The molecule has 20 heavy (non-hydrogen) atoms. The van der Waals surface area contributed by atoms with Crippen molar-refractivity contribution < 1.29 is 0 Å². The van der Waals surface area contributed by atoms with E-state index in [4.69, 9.17) is 0 Å². The number of rotatable bonds is 4. The zero-order valence-corrected chi connectivity index (χ0v) is 12.8. The highest BCUT2D eigenvalue weighted by molar-refractivity contribution is 5.79. The Morgan fingerprint density at radius 1 is 1.00 bits per heavy atom. The largest absolute Gasteiger partial charge is 0.347 e. The van der Waals surface area contributed by atoms with Crippen LogP contribution in [0.5, 0.6) is 0 Å². The molecule has 2 nitrogen and oxygen atoms in total. The van der Waals surface area contributed by atoms with Crippen LogP contribution < -0.4 is 0 Å². The van der Waals surface area contributed by atoms with Crippen LogP contribution in [0.15, 0.2) is 36.5 Å². The molecule has 0 spiro atoms. The molecule has 1 aromatic heterocycles. The summed E-state index contributed by atoms with van der Waals surface area (Å²) in [7, 11) is 0. The summed E-state index contributed by atoms with van der Waals surface area (Å²) in [6.07, 6.45) is 7.62. The van der Waals surface area contributed by atoms with Gasteiger partial charge in [0.2, 0.25) is 0 Å². The number of likely N-dealkylation sites (tertiary alicyclic amines) is 1. The number of aryl methyl sites for hydroxylation is 1. The van der Waals surface area contributed by atoms with Crippen LogP contribution in [0.3, 0.4) is 0 Å². The van der Waals surface area contributed by atoms with Gasteiger partial charge in [0.15, 0.2) is 0 Å². The van der Waals surface area contributed by atoms with Gasteiger partial charge in [-0.05, 0) is 50.6 Å². The zero-order valence-electron chi connectivity index (χ0n) is 12.8. The van der Waals surface area contributed by atoms with Gasteiger partial charge >= 0.3 is 0 Å². The lowest BCUT2D eigenvalue weighted by molar-refractivity contribution is 0.101. The molecule has 2 aromatic rings. The first-order valence-corrected chi connectivity index (χ1v) is 8.05. The van der Waals surface area contributed by atoms with Gasteiger partial charge < -0.3 is 4.57 Å². The summed E-state index contributed by atoms with van der Waals surface area (Å²) in [6.45, 7) is 7.14. The third kappa shape index (κ3) is 2.76.